The molecule has 0 aliphatic heterocycles. The van der Waals surface area contributed by atoms with Gasteiger partial charge in [-0.05, 0) is 65.4 Å². The van der Waals surface area contributed by atoms with E-state index in [1.165, 1.54) is 60.4 Å². The van der Waals surface area contributed by atoms with Gasteiger partial charge in [0.2, 0.25) is 6.33 Å². The molecular formula is C22H27BrCl2N2. The number of imidazole rings is 1. The van der Waals surface area contributed by atoms with Gasteiger partial charge in [0.05, 0.1) is 0 Å². The lowest BCUT2D eigenvalue weighted by molar-refractivity contribution is -0.592. The van der Waals surface area contributed by atoms with E-state index in [9.17, 15) is 0 Å². The minimum absolute atomic E-state index is 0. The molecule has 1 heterocycles. The van der Waals surface area contributed by atoms with Crippen LogP contribution in [0.25, 0.3) is 16.5 Å². The number of benzene rings is 2. The summed E-state index contributed by atoms with van der Waals surface area (Å²) >= 11 is 12.6. The lowest BCUT2D eigenvalue weighted by Gasteiger charge is -2.14. The molecule has 0 spiro atoms. The Morgan fingerprint density at radius 1 is 1.00 bits per heavy atom. The van der Waals surface area contributed by atoms with Crippen LogP contribution in [0.15, 0.2) is 36.7 Å². The van der Waals surface area contributed by atoms with Gasteiger partial charge in [-0.1, -0.05) is 63.3 Å². The van der Waals surface area contributed by atoms with Crippen molar-refractivity contribution in [3.8, 4) is 5.69 Å². The summed E-state index contributed by atoms with van der Waals surface area (Å²) in [4.78, 5) is 3.02. The van der Waals surface area contributed by atoms with Gasteiger partial charge in [-0.3, -0.25) is 0 Å². The van der Waals surface area contributed by atoms with Gasteiger partial charge in [-0.25, -0.2) is 4.98 Å². The van der Waals surface area contributed by atoms with Crippen LogP contribution < -0.4 is 21.5 Å². The van der Waals surface area contributed by atoms with Gasteiger partial charge in [-0.15, -0.1) is 0 Å². The predicted molar refractivity (Wildman–Crippen MR) is 112 cm³/mol. The van der Waals surface area contributed by atoms with Crippen LogP contribution in [-0.2, 0) is 6.42 Å². The summed E-state index contributed by atoms with van der Waals surface area (Å²) in [6.45, 7) is 4.41. The summed E-state index contributed by atoms with van der Waals surface area (Å²) in [6.07, 6.45) is 10.7. The van der Waals surface area contributed by atoms with E-state index in [4.69, 9.17) is 23.2 Å². The lowest BCUT2D eigenvalue weighted by atomic mass is 9.94. The Balaban J connectivity index is 0.00000261. The maximum Gasteiger partial charge on any atom is 0.260 e. The maximum absolute atomic E-state index is 6.46. The molecule has 0 aliphatic carbocycles. The summed E-state index contributed by atoms with van der Waals surface area (Å²) < 4.78 is 1.98. The third-order valence-corrected chi connectivity index (χ3v) is 5.81. The van der Waals surface area contributed by atoms with Crippen LogP contribution >= 0.6 is 23.2 Å². The van der Waals surface area contributed by atoms with Crippen molar-refractivity contribution < 1.29 is 21.5 Å². The number of nitrogens with one attached hydrogen (secondary N) is 1. The van der Waals surface area contributed by atoms with E-state index in [1.807, 2.05) is 10.9 Å². The molecule has 3 rings (SSSR count). The predicted octanol–water partition coefficient (Wildman–Crippen LogP) is 3.97. The molecule has 3 aromatic rings. The Kier molecular flexibility index (Phi) is 8.65. The van der Waals surface area contributed by atoms with E-state index in [2.05, 4.69) is 49.2 Å². The smallest absolute Gasteiger partial charge is 0.260 e. The molecule has 0 bridgehead atoms. The topological polar surface area (TPSA) is 19.7 Å². The molecule has 0 saturated carbocycles. The first-order chi connectivity index (χ1) is 12.6. The normalized spacial score (nSPS) is 11.0. The molecule has 27 heavy (non-hydrogen) atoms. The van der Waals surface area contributed by atoms with Gasteiger partial charge in [-0.2, -0.15) is 4.57 Å². The van der Waals surface area contributed by atoms with Crippen molar-refractivity contribution in [3.63, 3.8) is 0 Å². The van der Waals surface area contributed by atoms with Gasteiger partial charge >= 0.3 is 0 Å². The number of aryl methyl sites for hydroxylation is 2. The molecule has 146 valence electrons. The number of aromatic amines is 1. The maximum atomic E-state index is 6.46. The minimum Gasteiger partial charge on any atom is -1.00 e. The van der Waals surface area contributed by atoms with Crippen LogP contribution in [0.5, 0.6) is 0 Å². The van der Waals surface area contributed by atoms with Crippen molar-refractivity contribution in [3.05, 3.63) is 58.1 Å². The second kappa shape index (κ2) is 10.5. The van der Waals surface area contributed by atoms with E-state index >= 15 is 0 Å². The number of halogens is 3. The fourth-order valence-corrected chi connectivity index (χ4v) is 4.07. The minimum atomic E-state index is 0. The summed E-state index contributed by atoms with van der Waals surface area (Å²) in [7, 11) is 0. The number of H-pyrrole nitrogens is 1. The van der Waals surface area contributed by atoms with Crippen molar-refractivity contribution in [2.24, 2.45) is 0 Å². The molecule has 0 amide bonds. The van der Waals surface area contributed by atoms with E-state index in [-0.39, 0.29) is 17.0 Å². The van der Waals surface area contributed by atoms with Crippen molar-refractivity contribution in [1.29, 1.82) is 0 Å². The second-order valence-electron chi connectivity index (χ2n) is 7.01. The van der Waals surface area contributed by atoms with Crippen LogP contribution in [0.1, 0.15) is 56.6 Å². The van der Waals surface area contributed by atoms with Gasteiger partial charge in [0.15, 0.2) is 0 Å². The second-order valence-corrected chi connectivity index (χ2v) is 7.74. The Labute approximate surface area is 182 Å². The standard InChI is InChI=1S/C22H26Cl2N2.BrH/c1-3-4-5-6-7-8-13-19-18-12-10-9-11-17(18)14-16(2)20(19)26-15-25-21(23)22(26)24;/h9-12,14-15H,3-8,13H2,1-2H3;1H. The summed E-state index contributed by atoms with van der Waals surface area (Å²) in [6, 6.07) is 10.9. The molecule has 0 aliphatic rings. The number of unbranched alkanes of at least 4 members (excludes halogenated alkanes) is 5. The third-order valence-electron chi connectivity index (χ3n) is 5.05. The van der Waals surface area contributed by atoms with Crippen LogP contribution in [0.2, 0.25) is 10.3 Å². The van der Waals surface area contributed by atoms with Gasteiger partial charge in [0.1, 0.15) is 5.69 Å². The SMILES string of the molecule is CCCCCCCCc1c(-[n+]2c[nH]c(Cl)c2Cl)c(C)cc2ccccc12.[Br-]. The number of hydrogen-bond donors (Lipinski definition) is 1. The molecular weight excluding hydrogens is 443 g/mol. The number of rotatable bonds is 8. The first kappa shape index (κ1) is 22.3. The number of hydrogen-bond acceptors (Lipinski definition) is 0. The molecule has 0 radical (unpaired) electrons. The third kappa shape index (κ3) is 5.07. The van der Waals surface area contributed by atoms with Gasteiger partial charge < -0.3 is 17.0 Å². The fourth-order valence-electron chi connectivity index (χ4n) is 3.74. The number of fused-ring (bicyclic) bond motifs is 1. The molecule has 0 saturated heterocycles. The van der Waals surface area contributed by atoms with Crippen molar-refractivity contribution in [1.82, 2.24) is 4.98 Å². The Bertz CT molecular complexity index is 889. The van der Waals surface area contributed by atoms with Crippen molar-refractivity contribution in [2.75, 3.05) is 0 Å². The largest absolute Gasteiger partial charge is 1.00 e. The average molecular weight is 470 g/mol. The molecule has 2 aromatic carbocycles. The first-order valence-electron chi connectivity index (χ1n) is 9.59. The molecule has 5 heteroatoms. The van der Waals surface area contributed by atoms with Crippen LogP contribution in [0.4, 0.5) is 0 Å². The van der Waals surface area contributed by atoms with E-state index < -0.39 is 0 Å². The fraction of sp³-hybridized carbons (Fsp3) is 0.409. The highest BCUT2D eigenvalue weighted by molar-refractivity contribution is 6.39. The van der Waals surface area contributed by atoms with Crippen LogP contribution in [0, 0.1) is 6.92 Å². The van der Waals surface area contributed by atoms with Gasteiger partial charge in [0.25, 0.3) is 10.3 Å². The highest BCUT2D eigenvalue weighted by Gasteiger charge is 2.22. The highest BCUT2D eigenvalue weighted by Crippen LogP contribution is 2.29. The summed E-state index contributed by atoms with van der Waals surface area (Å²) in [5.41, 5.74) is 3.73. The zero-order valence-electron chi connectivity index (χ0n) is 16.0. The molecule has 0 unspecified atom stereocenters. The van der Waals surface area contributed by atoms with Crippen LogP contribution in [-0.4, -0.2) is 4.98 Å². The molecule has 0 fully saturated rings. The number of aromatic nitrogens is 2. The molecule has 1 aromatic heterocycles. The Morgan fingerprint density at radius 2 is 1.70 bits per heavy atom. The first-order valence-corrected chi connectivity index (χ1v) is 10.3. The Morgan fingerprint density at radius 3 is 2.41 bits per heavy atom. The highest BCUT2D eigenvalue weighted by atomic mass is 79.9. The average Bonchev–Trinajstić information content (AvgIpc) is 2.96. The van der Waals surface area contributed by atoms with E-state index in [0.717, 1.165) is 12.1 Å². The zero-order chi connectivity index (χ0) is 18.5. The van der Waals surface area contributed by atoms with Crippen molar-refractivity contribution >= 4 is 34.0 Å². The zero-order valence-corrected chi connectivity index (χ0v) is 19.1. The van der Waals surface area contributed by atoms with Gasteiger partial charge in [0, 0.05) is 5.56 Å². The summed E-state index contributed by atoms with van der Waals surface area (Å²) in [5.74, 6) is 0. The quantitative estimate of drug-likeness (QED) is 0.380. The monoisotopic (exact) mass is 468 g/mol. The molecule has 0 atom stereocenters. The number of nitrogens with zero attached hydrogens (tertiary/aromatic N) is 1. The molecule has 1 N–H and O–H groups in total. The lowest BCUT2D eigenvalue weighted by Crippen LogP contribution is -3.00. The molecule has 2 nitrogen and oxygen atoms in total. The summed E-state index contributed by atoms with van der Waals surface area (Å²) in [5, 5.41) is 3.61. The van der Waals surface area contributed by atoms with E-state index in [0.29, 0.717) is 10.3 Å². The van der Waals surface area contributed by atoms with E-state index in [1.54, 1.807) is 0 Å². The van der Waals surface area contributed by atoms with Crippen molar-refractivity contribution in [2.45, 2.75) is 58.8 Å². The van der Waals surface area contributed by atoms with Crippen LogP contribution in [0.3, 0.4) is 0 Å². The Hall–Kier alpha value is -1.03.